The van der Waals surface area contributed by atoms with E-state index in [0.717, 1.165) is 17.3 Å². The van der Waals surface area contributed by atoms with Crippen molar-refractivity contribution in [2.45, 2.75) is 52.1 Å². The molecular weight excluding hydrogens is 376 g/mol. The molecule has 1 rings (SSSR count). The van der Waals surface area contributed by atoms with Crippen molar-refractivity contribution in [3.63, 3.8) is 0 Å². The zero-order chi connectivity index (χ0) is 18.2. The Morgan fingerprint density at radius 1 is 1.21 bits per heavy atom. The Hall–Kier alpha value is -1.76. The number of aromatic hydroxyl groups is 1. The molecule has 2 amide bonds. The quantitative estimate of drug-likeness (QED) is 0.473. The molecular formula is C17H25BrN2O4. The van der Waals surface area contributed by atoms with Gasteiger partial charge >= 0.3 is 6.09 Å². The Morgan fingerprint density at radius 2 is 1.92 bits per heavy atom. The van der Waals surface area contributed by atoms with E-state index in [2.05, 4.69) is 26.6 Å². The number of benzene rings is 1. The largest absolute Gasteiger partial charge is 0.506 e. The number of carbonyl (C=O) groups excluding carboxylic acids is 2. The fourth-order valence-electron chi connectivity index (χ4n) is 1.91. The maximum Gasteiger partial charge on any atom is 0.407 e. The lowest BCUT2D eigenvalue weighted by atomic mass is 10.2. The molecule has 1 aromatic carbocycles. The molecule has 24 heavy (non-hydrogen) atoms. The SMILES string of the molecule is CC(C)(C)OC(=O)NCCCCCC(=O)Nc1cc(Br)ccc1O. The van der Waals surface area contributed by atoms with Gasteiger partial charge in [0.05, 0.1) is 5.69 Å². The molecule has 0 saturated heterocycles. The van der Waals surface area contributed by atoms with Gasteiger partial charge in [-0.15, -0.1) is 0 Å². The second-order valence-corrected chi connectivity index (χ2v) is 7.36. The Morgan fingerprint density at radius 3 is 2.58 bits per heavy atom. The van der Waals surface area contributed by atoms with E-state index < -0.39 is 11.7 Å². The first-order valence-electron chi connectivity index (χ1n) is 7.92. The van der Waals surface area contributed by atoms with Gasteiger partial charge in [0.15, 0.2) is 0 Å². The average Bonchev–Trinajstić information content (AvgIpc) is 2.44. The highest BCUT2D eigenvalue weighted by Gasteiger charge is 2.15. The summed E-state index contributed by atoms with van der Waals surface area (Å²) in [7, 11) is 0. The fourth-order valence-corrected chi connectivity index (χ4v) is 2.27. The molecule has 1 aromatic rings. The number of rotatable bonds is 7. The van der Waals surface area contributed by atoms with Crippen LogP contribution in [0.1, 0.15) is 46.5 Å². The van der Waals surface area contributed by atoms with E-state index in [-0.39, 0.29) is 11.7 Å². The zero-order valence-electron chi connectivity index (χ0n) is 14.3. The van der Waals surface area contributed by atoms with Crippen LogP contribution in [0.25, 0.3) is 0 Å². The van der Waals surface area contributed by atoms with Crippen LogP contribution in [0.3, 0.4) is 0 Å². The highest BCUT2D eigenvalue weighted by molar-refractivity contribution is 9.10. The molecule has 0 unspecified atom stereocenters. The molecule has 0 saturated carbocycles. The third-order valence-electron chi connectivity index (χ3n) is 2.98. The van der Waals surface area contributed by atoms with Crippen LogP contribution in [0.15, 0.2) is 22.7 Å². The molecule has 0 heterocycles. The number of halogens is 1. The summed E-state index contributed by atoms with van der Waals surface area (Å²) in [5.74, 6) is -0.114. The molecule has 0 aliphatic carbocycles. The molecule has 0 aliphatic rings. The summed E-state index contributed by atoms with van der Waals surface area (Å²) in [5, 5.41) is 15.0. The van der Waals surface area contributed by atoms with E-state index in [1.165, 1.54) is 6.07 Å². The first-order valence-corrected chi connectivity index (χ1v) is 8.72. The summed E-state index contributed by atoms with van der Waals surface area (Å²) >= 11 is 3.29. The van der Waals surface area contributed by atoms with Gasteiger partial charge in [-0.2, -0.15) is 0 Å². The molecule has 0 radical (unpaired) electrons. The van der Waals surface area contributed by atoms with Crippen molar-refractivity contribution in [3.8, 4) is 5.75 Å². The number of carbonyl (C=O) groups is 2. The molecule has 0 bridgehead atoms. The predicted octanol–water partition coefficient (Wildman–Crippen LogP) is 4.18. The van der Waals surface area contributed by atoms with E-state index in [4.69, 9.17) is 4.74 Å². The molecule has 0 aromatic heterocycles. The van der Waals surface area contributed by atoms with Gasteiger partial charge in [-0.1, -0.05) is 22.4 Å². The number of phenols is 1. The highest BCUT2D eigenvalue weighted by atomic mass is 79.9. The van der Waals surface area contributed by atoms with Gasteiger partial charge in [-0.25, -0.2) is 4.79 Å². The molecule has 0 aliphatic heterocycles. The van der Waals surface area contributed by atoms with Crippen molar-refractivity contribution in [1.29, 1.82) is 0 Å². The number of amides is 2. The first-order chi connectivity index (χ1) is 11.2. The summed E-state index contributed by atoms with van der Waals surface area (Å²) in [6, 6.07) is 4.86. The number of hydrogen-bond donors (Lipinski definition) is 3. The van der Waals surface area contributed by atoms with Crippen LogP contribution in [-0.2, 0) is 9.53 Å². The molecule has 0 fully saturated rings. The van der Waals surface area contributed by atoms with Gasteiger partial charge in [-0.3, -0.25) is 4.79 Å². The average molecular weight is 401 g/mol. The van der Waals surface area contributed by atoms with Gasteiger partial charge in [0, 0.05) is 17.4 Å². The Labute approximate surface area is 151 Å². The summed E-state index contributed by atoms with van der Waals surface area (Å²) in [4.78, 5) is 23.3. The summed E-state index contributed by atoms with van der Waals surface area (Å²) in [5.41, 5.74) is -0.110. The van der Waals surface area contributed by atoms with Gasteiger partial charge in [0.1, 0.15) is 11.4 Å². The lowest BCUT2D eigenvalue weighted by Gasteiger charge is -2.19. The zero-order valence-corrected chi connectivity index (χ0v) is 15.9. The van der Waals surface area contributed by atoms with Crippen LogP contribution < -0.4 is 10.6 Å². The third kappa shape index (κ3) is 8.76. The Bertz CT molecular complexity index is 570. The predicted molar refractivity (Wildman–Crippen MR) is 97.1 cm³/mol. The second kappa shape index (κ2) is 9.52. The van der Waals surface area contributed by atoms with Crippen molar-refractivity contribution in [2.24, 2.45) is 0 Å². The summed E-state index contributed by atoms with van der Waals surface area (Å²) < 4.78 is 5.91. The van der Waals surface area contributed by atoms with E-state index in [1.54, 1.807) is 12.1 Å². The maximum absolute atomic E-state index is 11.8. The standard InChI is InChI=1S/C17H25BrN2O4/c1-17(2,3)24-16(23)19-10-6-4-5-7-15(22)20-13-11-12(18)8-9-14(13)21/h8-9,11,21H,4-7,10H2,1-3H3,(H,19,23)(H,20,22). The van der Waals surface area contributed by atoms with Crippen molar-refractivity contribution in [1.82, 2.24) is 5.32 Å². The first kappa shape index (κ1) is 20.3. The van der Waals surface area contributed by atoms with Crippen molar-refractivity contribution >= 4 is 33.6 Å². The van der Waals surface area contributed by atoms with Crippen LogP contribution in [0.2, 0.25) is 0 Å². The van der Waals surface area contributed by atoms with Gasteiger partial charge < -0.3 is 20.5 Å². The van der Waals surface area contributed by atoms with E-state index in [9.17, 15) is 14.7 Å². The fraction of sp³-hybridized carbons (Fsp3) is 0.529. The number of anilines is 1. The minimum atomic E-state index is -0.500. The van der Waals surface area contributed by atoms with Crippen molar-refractivity contribution < 1.29 is 19.4 Å². The second-order valence-electron chi connectivity index (χ2n) is 6.45. The van der Waals surface area contributed by atoms with Gasteiger partial charge in [-0.05, 0) is 51.8 Å². The van der Waals surface area contributed by atoms with E-state index in [0.29, 0.717) is 25.1 Å². The van der Waals surface area contributed by atoms with E-state index in [1.807, 2.05) is 20.8 Å². The maximum atomic E-state index is 11.8. The number of unbranched alkanes of at least 4 members (excludes halogenated alkanes) is 2. The third-order valence-corrected chi connectivity index (χ3v) is 3.47. The van der Waals surface area contributed by atoms with Crippen LogP contribution in [0.4, 0.5) is 10.5 Å². The number of ether oxygens (including phenoxy) is 1. The topological polar surface area (TPSA) is 87.7 Å². The van der Waals surface area contributed by atoms with Crippen LogP contribution >= 0.6 is 15.9 Å². The normalized spacial score (nSPS) is 11.0. The summed E-state index contributed by atoms with van der Waals surface area (Å²) in [6.07, 6.45) is 2.22. The highest BCUT2D eigenvalue weighted by Crippen LogP contribution is 2.26. The molecule has 134 valence electrons. The lowest BCUT2D eigenvalue weighted by Crippen LogP contribution is -2.33. The minimum Gasteiger partial charge on any atom is -0.506 e. The molecule has 3 N–H and O–H groups in total. The number of alkyl carbamates (subject to hydrolysis) is 1. The molecule has 6 nitrogen and oxygen atoms in total. The van der Waals surface area contributed by atoms with Crippen LogP contribution in [0.5, 0.6) is 5.75 Å². The van der Waals surface area contributed by atoms with Crippen LogP contribution in [-0.4, -0.2) is 29.3 Å². The number of nitrogens with one attached hydrogen (secondary N) is 2. The number of phenolic OH excluding ortho intramolecular Hbond substituents is 1. The monoisotopic (exact) mass is 400 g/mol. The van der Waals surface area contributed by atoms with Crippen molar-refractivity contribution in [2.75, 3.05) is 11.9 Å². The van der Waals surface area contributed by atoms with E-state index >= 15 is 0 Å². The van der Waals surface area contributed by atoms with Crippen LogP contribution in [0, 0.1) is 0 Å². The minimum absolute atomic E-state index is 0.0353. The van der Waals surface area contributed by atoms with Gasteiger partial charge in [0.2, 0.25) is 5.91 Å². The van der Waals surface area contributed by atoms with Gasteiger partial charge in [0.25, 0.3) is 0 Å². The number of hydrogen-bond acceptors (Lipinski definition) is 4. The Balaban J connectivity index is 2.16. The molecule has 0 spiro atoms. The molecule has 0 atom stereocenters. The molecule has 7 heteroatoms. The summed E-state index contributed by atoms with van der Waals surface area (Å²) in [6.45, 7) is 5.96. The Kier molecular flexibility index (Phi) is 8.04. The smallest absolute Gasteiger partial charge is 0.407 e. The lowest BCUT2D eigenvalue weighted by molar-refractivity contribution is -0.116. The van der Waals surface area contributed by atoms with Crippen molar-refractivity contribution in [3.05, 3.63) is 22.7 Å².